The van der Waals surface area contributed by atoms with Crippen molar-refractivity contribution in [2.24, 2.45) is 11.3 Å². The van der Waals surface area contributed by atoms with Crippen LogP contribution in [0.5, 0.6) is 0 Å². The van der Waals surface area contributed by atoms with Gasteiger partial charge < -0.3 is 5.32 Å². The maximum atomic E-state index is 12.2. The van der Waals surface area contributed by atoms with Crippen LogP contribution in [0.25, 0.3) is 0 Å². The number of carbonyl (C=O) groups is 1. The second-order valence-electron chi connectivity index (χ2n) is 5.70. The SMILES string of the molecule is CCC(C)(NC(=O)C12CC1C2)c1nc(C)cs1. The van der Waals surface area contributed by atoms with E-state index in [0.29, 0.717) is 5.92 Å². The molecular formula is C13H18N2OS. The van der Waals surface area contributed by atoms with Crippen LogP contribution in [-0.2, 0) is 10.3 Å². The fourth-order valence-corrected chi connectivity index (χ4v) is 3.34. The van der Waals surface area contributed by atoms with Gasteiger partial charge in [0, 0.05) is 11.1 Å². The van der Waals surface area contributed by atoms with Crippen LogP contribution < -0.4 is 5.32 Å². The van der Waals surface area contributed by atoms with Crippen molar-refractivity contribution in [1.82, 2.24) is 10.3 Å². The number of amides is 1. The molecule has 2 saturated carbocycles. The Balaban J connectivity index is 1.79. The summed E-state index contributed by atoms with van der Waals surface area (Å²) < 4.78 is 0. The first-order chi connectivity index (χ1) is 8.00. The van der Waals surface area contributed by atoms with Gasteiger partial charge in [0.05, 0.1) is 11.0 Å². The molecule has 1 heterocycles. The molecular weight excluding hydrogens is 232 g/mol. The van der Waals surface area contributed by atoms with E-state index in [1.165, 1.54) is 0 Å². The van der Waals surface area contributed by atoms with Gasteiger partial charge in [-0.05, 0) is 39.0 Å². The lowest BCUT2D eigenvalue weighted by Gasteiger charge is -2.28. The van der Waals surface area contributed by atoms with E-state index in [-0.39, 0.29) is 16.9 Å². The molecule has 1 aromatic heterocycles. The lowest BCUT2D eigenvalue weighted by atomic mass is 9.98. The summed E-state index contributed by atoms with van der Waals surface area (Å²) in [7, 11) is 0. The van der Waals surface area contributed by atoms with E-state index in [1.807, 2.05) is 12.3 Å². The van der Waals surface area contributed by atoms with Crippen molar-refractivity contribution in [2.45, 2.75) is 45.6 Å². The van der Waals surface area contributed by atoms with Gasteiger partial charge in [-0.3, -0.25) is 4.79 Å². The Morgan fingerprint density at radius 3 is 2.76 bits per heavy atom. The van der Waals surface area contributed by atoms with Gasteiger partial charge in [0.25, 0.3) is 0 Å². The molecule has 1 N–H and O–H groups in total. The highest BCUT2D eigenvalue weighted by molar-refractivity contribution is 7.09. The molecule has 3 rings (SSSR count). The third-order valence-electron chi connectivity index (χ3n) is 4.32. The molecule has 1 unspecified atom stereocenters. The Morgan fingerprint density at radius 2 is 2.35 bits per heavy atom. The molecule has 0 radical (unpaired) electrons. The van der Waals surface area contributed by atoms with Gasteiger partial charge in [-0.25, -0.2) is 4.98 Å². The Morgan fingerprint density at radius 1 is 1.71 bits per heavy atom. The molecule has 92 valence electrons. The third-order valence-corrected chi connectivity index (χ3v) is 5.55. The summed E-state index contributed by atoms with van der Waals surface area (Å²) in [5.74, 6) is 0.946. The Kier molecular flexibility index (Phi) is 2.18. The summed E-state index contributed by atoms with van der Waals surface area (Å²) in [6.45, 7) is 6.18. The van der Waals surface area contributed by atoms with E-state index in [1.54, 1.807) is 11.3 Å². The molecule has 1 aromatic rings. The standard InChI is InChI=1S/C13H18N2OS/c1-4-12(3,11-14-8(2)7-17-11)15-10(16)13-5-9(13)6-13/h7,9H,4-6H2,1-3H3,(H,15,16). The highest BCUT2D eigenvalue weighted by Crippen LogP contribution is 2.75. The quantitative estimate of drug-likeness (QED) is 0.892. The van der Waals surface area contributed by atoms with Gasteiger partial charge >= 0.3 is 0 Å². The predicted octanol–water partition coefficient (Wildman–Crippen LogP) is 2.60. The number of fused-ring (bicyclic) bond motifs is 1. The number of aromatic nitrogens is 1. The van der Waals surface area contributed by atoms with Crippen molar-refractivity contribution in [2.75, 3.05) is 0 Å². The third kappa shape index (κ3) is 1.61. The second kappa shape index (κ2) is 3.31. The molecule has 1 amide bonds. The van der Waals surface area contributed by atoms with Crippen LogP contribution in [0, 0.1) is 18.3 Å². The number of hydrogen-bond donors (Lipinski definition) is 1. The predicted molar refractivity (Wildman–Crippen MR) is 67.8 cm³/mol. The van der Waals surface area contributed by atoms with Gasteiger partial charge in [-0.1, -0.05) is 6.92 Å². The molecule has 17 heavy (non-hydrogen) atoms. The van der Waals surface area contributed by atoms with E-state index in [0.717, 1.165) is 30.0 Å². The van der Waals surface area contributed by atoms with E-state index in [2.05, 4.69) is 24.1 Å². The number of thiazole rings is 1. The number of carbonyl (C=O) groups excluding carboxylic acids is 1. The number of aryl methyl sites for hydroxylation is 1. The van der Waals surface area contributed by atoms with Crippen LogP contribution in [0.1, 0.15) is 43.8 Å². The minimum atomic E-state index is -0.291. The first-order valence-corrected chi connectivity index (χ1v) is 7.13. The van der Waals surface area contributed by atoms with Crippen molar-refractivity contribution in [3.63, 3.8) is 0 Å². The first kappa shape index (κ1) is 11.2. The van der Waals surface area contributed by atoms with Gasteiger partial charge in [0.1, 0.15) is 5.01 Å². The van der Waals surface area contributed by atoms with E-state index in [9.17, 15) is 4.79 Å². The summed E-state index contributed by atoms with van der Waals surface area (Å²) in [6, 6.07) is 0. The zero-order valence-corrected chi connectivity index (χ0v) is 11.4. The van der Waals surface area contributed by atoms with Crippen LogP contribution in [0.3, 0.4) is 0 Å². The van der Waals surface area contributed by atoms with Crippen LogP contribution in [0.15, 0.2) is 5.38 Å². The van der Waals surface area contributed by atoms with Crippen LogP contribution in [0.2, 0.25) is 0 Å². The van der Waals surface area contributed by atoms with Gasteiger partial charge in [-0.15, -0.1) is 11.3 Å². The van der Waals surface area contributed by atoms with Crippen LogP contribution in [0.4, 0.5) is 0 Å². The molecule has 0 aromatic carbocycles. The first-order valence-electron chi connectivity index (χ1n) is 6.25. The minimum absolute atomic E-state index is 0.0444. The number of nitrogens with one attached hydrogen (secondary N) is 1. The van der Waals surface area contributed by atoms with Gasteiger partial charge in [0.2, 0.25) is 5.91 Å². The van der Waals surface area contributed by atoms with Crippen LogP contribution >= 0.6 is 11.3 Å². The summed E-state index contributed by atoms with van der Waals surface area (Å²) in [5, 5.41) is 6.30. The van der Waals surface area contributed by atoms with Gasteiger partial charge in [-0.2, -0.15) is 0 Å². The summed E-state index contributed by atoms with van der Waals surface area (Å²) in [5.41, 5.74) is 0.788. The Labute approximate surface area is 106 Å². The normalized spacial score (nSPS) is 32.5. The highest BCUT2D eigenvalue weighted by atomic mass is 32.1. The molecule has 4 heteroatoms. The summed E-state index contributed by atoms with van der Waals surface area (Å²) in [6.07, 6.45) is 3.09. The van der Waals surface area contributed by atoms with Crippen molar-refractivity contribution in [3.05, 3.63) is 16.1 Å². The average molecular weight is 250 g/mol. The van der Waals surface area contributed by atoms with Crippen molar-refractivity contribution < 1.29 is 4.79 Å². The molecule has 0 saturated heterocycles. The molecule has 2 aliphatic carbocycles. The molecule has 3 nitrogen and oxygen atoms in total. The zero-order chi connectivity index (χ0) is 12.3. The molecule has 0 bridgehead atoms. The average Bonchev–Trinajstić information content (AvgIpc) is 3.09. The number of nitrogens with zero attached hydrogens (tertiary/aromatic N) is 1. The van der Waals surface area contributed by atoms with Crippen molar-refractivity contribution >= 4 is 17.2 Å². The van der Waals surface area contributed by atoms with Crippen molar-refractivity contribution in [1.29, 1.82) is 0 Å². The second-order valence-corrected chi connectivity index (χ2v) is 6.55. The fourth-order valence-electron chi connectivity index (χ4n) is 2.35. The molecule has 1 atom stereocenters. The zero-order valence-electron chi connectivity index (χ0n) is 10.5. The number of rotatable bonds is 4. The van der Waals surface area contributed by atoms with Crippen LogP contribution in [-0.4, -0.2) is 10.9 Å². The molecule has 2 aliphatic rings. The van der Waals surface area contributed by atoms with E-state index >= 15 is 0 Å². The van der Waals surface area contributed by atoms with Gasteiger partial charge in [0.15, 0.2) is 0 Å². The summed E-state index contributed by atoms with van der Waals surface area (Å²) >= 11 is 1.64. The minimum Gasteiger partial charge on any atom is -0.344 e. The Hall–Kier alpha value is -0.900. The monoisotopic (exact) mass is 250 g/mol. The van der Waals surface area contributed by atoms with Crippen molar-refractivity contribution in [3.8, 4) is 0 Å². The maximum absolute atomic E-state index is 12.2. The van der Waals surface area contributed by atoms with E-state index in [4.69, 9.17) is 0 Å². The molecule has 2 fully saturated rings. The molecule has 0 aliphatic heterocycles. The lowest BCUT2D eigenvalue weighted by Crippen LogP contribution is -2.45. The summed E-state index contributed by atoms with van der Waals surface area (Å²) in [4.78, 5) is 16.7. The highest BCUT2D eigenvalue weighted by Gasteiger charge is 2.74. The fraction of sp³-hybridized carbons (Fsp3) is 0.692. The topological polar surface area (TPSA) is 42.0 Å². The number of hydrogen-bond acceptors (Lipinski definition) is 3. The lowest BCUT2D eigenvalue weighted by molar-refractivity contribution is -0.126. The van der Waals surface area contributed by atoms with E-state index < -0.39 is 0 Å². The largest absolute Gasteiger partial charge is 0.344 e. The maximum Gasteiger partial charge on any atom is 0.227 e. The smallest absolute Gasteiger partial charge is 0.227 e. The Bertz CT molecular complexity index is 476. The molecule has 0 spiro atoms.